The second-order valence-corrected chi connectivity index (χ2v) is 3.25. The summed E-state index contributed by atoms with van der Waals surface area (Å²) in [5, 5.41) is 30.3. The van der Waals surface area contributed by atoms with Crippen molar-refractivity contribution in [1.29, 1.82) is 10.5 Å². The summed E-state index contributed by atoms with van der Waals surface area (Å²) in [5.74, 6) is -0.866. The first kappa shape index (κ1) is 13.7. The quantitative estimate of drug-likeness (QED) is 0.468. The Labute approximate surface area is 107 Å². The summed E-state index contributed by atoms with van der Waals surface area (Å²) < 4.78 is 0. The van der Waals surface area contributed by atoms with E-state index in [2.05, 4.69) is 5.32 Å². The number of anilines is 1. The molecule has 1 aromatic carbocycles. The summed E-state index contributed by atoms with van der Waals surface area (Å²) in [4.78, 5) is 21.3. The highest BCUT2D eigenvalue weighted by atomic mass is 16.6. The molecular formula is C11H7N5O3. The van der Waals surface area contributed by atoms with Crippen LogP contribution in [0.4, 0.5) is 11.4 Å². The maximum atomic E-state index is 11.2. The molecule has 94 valence electrons. The first-order valence-corrected chi connectivity index (χ1v) is 4.85. The number of nitro groups is 1. The zero-order valence-corrected chi connectivity index (χ0v) is 9.45. The number of carbonyl (C=O) groups excluding carboxylic acids is 1. The fourth-order valence-electron chi connectivity index (χ4n) is 1.28. The molecule has 8 nitrogen and oxygen atoms in total. The Morgan fingerprint density at radius 3 is 2.53 bits per heavy atom. The van der Waals surface area contributed by atoms with E-state index in [4.69, 9.17) is 16.3 Å². The number of allylic oxidation sites excluding steroid dienone is 1. The maximum Gasteiger partial charge on any atom is 0.293 e. The molecule has 0 spiro atoms. The van der Waals surface area contributed by atoms with E-state index >= 15 is 0 Å². The van der Waals surface area contributed by atoms with Crippen molar-refractivity contribution in [2.24, 2.45) is 5.73 Å². The second-order valence-electron chi connectivity index (χ2n) is 3.25. The molecular weight excluding hydrogens is 250 g/mol. The van der Waals surface area contributed by atoms with E-state index in [1.165, 1.54) is 18.2 Å². The monoisotopic (exact) mass is 257 g/mol. The van der Waals surface area contributed by atoms with Gasteiger partial charge in [-0.2, -0.15) is 10.5 Å². The highest BCUT2D eigenvalue weighted by Gasteiger charge is 2.19. The van der Waals surface area contributed by atoms with Gasteiger partial charge in [-0.15, -0.1) is 0 Å². The molecule has 1 amide bonds. The number of amides is 1. The standard InChI is InChI=1S/C11H7N5O3/c12-4-7(5-13)6-15-10-8(11(14)17)2-1-3-9(10)16(18)19/h1-3,6,15H,(H2,14,17). The summed E-state index contributed by atoms with van der Waals surface area (Å²) in [6, 6.07) is 6.91. The molecule has 8 heteroatoms. The fraction of sp³-hybridized carbons (Fsp3) is 0. The van der Waals surface area contributed by atoms with Gasteiger partial charge >= 0.3 is 0 Å². The number of rotatable bonds is 4. The molecule has 0 aliphatic carbocycles. The van der Waals surface area contributed by atoms with Gasteiger partial charge in [-0.25, -0.2) is 0 Å². The minimum absolute atomic E-state index is 0.110. The number of nitriles is 2. The lowest BCUT2D eigenvalue weighted by Crippen LogP contribution is -2.14. The number of carbonyl (C=O) groups is 1. The minimum atomic E-state index is -0.866. The molecule has 0 bridgehead atoms. The van der Waals surface area contributed by atoms with Crippen molar-refractivity contribution in [3.05, 3.63) is 45.6 Å². The van der Waals surface area contributed by atoms with Crippen LogP contribution in [0.3, 0.4) is 0 Å². The summed E-state index contributed by atoms with van der Waals surface area (Å²) in [5.41, 5.74) is 4.14. The average molecular weight is 257 g/mol. The molecule has 0 atom stereocenters. The first-order chi connectivity index (χ1) is 9.01. The van der Waals surface area contributed by atoms with Crippen molar-refractivity contribution in [3.8, 4) is 12.1 Å². The Bertz CT molecular complexity index is 603. The molecule has 0 unspecified atom stereocenters. The number of nitro benzene ring substituents is 1. The van der Waals surface area contributed by atoms with E-state index in [1.807, 2.05) is 0 Å². The normalized spacial score (nSPS) is 8.74. The number of nitrogens with one attached hydrogen (secondary N) is 1. The third-order valence-electron chi connectivity index (χ3n) is 2.11. The van der Waals surface area contributed by atoms with Crippen LogP contribution in [0.1, 0.15) is 10.4 Å². The number of hydrogen-bond acceptors (Lipinski definition) is 6. The van der Waals surface area contributed by atoms with Crippen molar-refractivity contribution < 1.29 is 9.72 Å². The van der Waals surface area contributed by atoms with Crippen molar-refractivity contribution in [2.45, 2.75) is 0 Å². The number of primary amides is 1. The summed E-state index contributed by atoms with van der Waals surface area (Å²) >= 11 is 0. The molecule has 3 N–H and O–H groups in total. The van der Waals surface area contributed by atoms with E-state index in [1.54, 1.807) is 12.1 Å². The lowest BCUT2D eigenvalue weighted by atomic mass is 10.1. The molecule has 1 rings (SSSR count). The van der Waals surface area contributed by atoms with E-state index in [0.717, 1.165) is 6.20 Å². The van der Waals surface area contributed by atoms with E-state index < -0.39 is 10.8 Å². The largest absolute Gasteiger partial charge is 0.366 e. The molecule has 19 heavy (non-hydrogen) atoms. The molecule has 0 fully saturated rings. The molecule has 1 aromatic rings. The van der Waals surface area contributed by atoms with Crippen molar-refractivity contribution in [3.63, 3.8) is 0 Å². The molecule has 0 aromatic heterocycles. The predicted octanol–water partition coefficient (Wildman–Crippen LogP) is 1.04. The third kappa shape index (κ3) is 3.05. The van der Waals surface area contributed by atoms with Gasteiger partial charge in [0.2, 0.25) is 0 Å². The molecule has 0 aliphatic rings. The van der Waals surface area contributed by atoms with Crippen LogP contribution in [0.25, 0.3) is 0 Å². The van der Waals surface area contributed by atoms with Gasteiger partial charge in [-0.3, -0.25) is 14.9 Å². The van der Waals surface area contributed by atoms with Crippen molar-refractivity contribution in [2.75, 3.05) is 5.32 Å². The third-order valence-corrected chi connectivity index (χ3v) is 2.11. The summed E-state index contributed by atoms with van der Waals surface area (Å²) in [7, 11) is 0. The highest BCUT2D eigenvalue weighted by molar-refractivity contribution is 6.00. The Kier molecular flexibility index (Phi) is 4.17. The van der Waals surface area contributed by atoms with Crippen LogP contribution in [0.2, 0.25) is 0 Å². The van der Waals surface area contributed by atoms with Crippen LogP contribution in [-0.2, 0) is 0 Å². The van der Waals surface area contributed by atoms with Gasteiger partial charge in [0.05, 0.1) is 10.5 Å². The number of para-hydroxylation sites is 1. The van der Waals surface area contributed by atoms with Gasteiger partial charge in [0.1, 0.15) is 23.4 Å². The molecule has 0 aliphatic heterocycles. The Hall–Kier alpha value is -3.39. The van der Waals surface area contributed by atoms with Crippen molar-refractivity contribution >= 4 is 17.3 Å². The predicted molar refractivity (Wildman–Crippen MR) is 64.5 cm³/mol. The topological polar surface area (TPSA) is 146 Å². The van der Waals surface area contributed by atoms with Crippen LogP contribution >= 0.6 is 0 Å². The molecule has 0 heterocycles. The number of benzene rings is 1. The van der Waals surface area contributed by atoms with Gasteiger partial charge in [-0.05, 0) is 6.07 Å². The van der Waals surface area contributed by atoms with E-state index in [0.29, 0.717) is 0 Å². The average Bonchev–Trinajstić information content (AvgIpc) is 2.39. The van der Waals surface area contributed by atoms with Crippen LogP contribution in [0.15, 0.2) is 30.0 Å². The molecule has 0 radical (unpaired) electrons. The smallest absolute Gasteiger partial charge is 0.293 e. The van der Waals surface area contributed by atoms with Crippen LogP contribution in [0.5, 0.6) is 0 Å². The zero-order valence-electron chi connectivity index (χ0n) is 9.45. The Balaban J connectivity index is 3.36. The lowest BCUT2D eigenvalue weighted by Gasteiger charge is -2.06. The van der Waals surface area contributed by atoms with Gasteiger partial charge < -0.3 is 11.1 Å². The number of nitrogens with zero attached hydrogens (tertiary/aromatic N) is 3. The second kappa shape index (κ2) is 5.80. The minimum Gasteiger partial charge on any atom is -0.366 e. The molecule has 0 saturated carbocycles. The Morgan fingerprint density at radius 2 is 2.05 bits per heavy atom. The van der Waals surface area contributed by atoms with Crippen molar-refractivity contribution in [1.82, 2.24) is 0 Å². The highest BCUT2D eigenvalue weighted by Crippen LogP contribution is 2.28. The van der Waals surface area contributed by atoms with Crippen LogP contribution in [-0.4, -0.2) is 10.8 Å². The van der Waals surface area contributed by atoms with Crippen LogP contribution in [0, 0.1) is 32.8 Å². The van der Waals surface area contributed by atoms with Crippen LogP contribution < -0.4 is 11.1 Å². The molecule has 0 saturated heterocycles. The summed E-state index contributed by atoms with van der Waals surface area (Å²) in [6.07, 6.45) is 0.967. The maximum absolute atomic E-state index is 11.2. The lowest BCUT2D eigenvalue weighted by molar-refractivity contribution is -0.383. The van der Waals surface area contributed by atoms with Gasteiger partial charge in [-0.1, -0.05) is 6.07 Å². The number of hydrogen-bond donors (Lipinski definition) is 2. The summed E-state index contributed by atoms with van der Waals surface area (Å²) in [6.45, 7) is 0. The van der Waals surface area contributed by atoms with Gasteiger partial charge in [0.25, 0.3) is 11.6 Å². The van der Waals surface area contributed by atoms with E-state index in [9.17, 15) is 14.9 Å². The number of nitrogens with two attached hydrogens (primary N) is 1. The fourth-order valence-corrected chi connectivity index (χ4v) is 1.28. The SMILES string of the molecule is N#CC(C#N)=CNc1c(C(N)=O)cccc1[N+](=O)[O-]. The van der Waals surface area contributed by atoms with E-state index in [-0.39, 0.29) is 22.5 Å². The van der Waals surface area contributed by atoms with Gasteiger partial charge in [0, 0.05) is 12.3 Å². The first-order valence-electron chi connectivity index (χ1n) is 4.85. The zero-order chi connectivity index (χ0) is 14.4. The Morgan fingerprint density at radius 1 is 1.42 bits per heavy atom. The van der Waals surface area contributed by atoms with Gasteiger partial charge in [0.15, 0.2) is 0 Å².